The normalized spacial score (nSPS) is 12.1. The highest BCUT2D eigenvalue weighted by Crippen LogP contribution is 2.21. The third kappa shape index (κ3) is 3.70. The van der Waals surface area contributed by atoms with E-state index in [4.69, 9.17) is 4.98 Å². The zero-order chi connectivity index (χ0) is 20.3. The number of benzene rings is 2. The van der Waals surface area contributed by atoms with Crippen molar-refractivity contribution >= 4 is 16.8 Å². The van der Waals surface area contributed by atoms with Crippen LogP contribution in [0.4, 0.5) is 0 Å². The summed E-state index contributed by atoms with van der Waals surface area (Å²) < 4.78 is 1.71. The van der Waals surface area contributed by atoms with Gasteiger partial charge >= 0.3 is 0 Å². The second kappa shape index (κ2) is 8.38. The van der Waals surface area contributed by atoms with Crippen LogP contribution in [0.25, 0.3) is 10.9 Å². The van der Waals surface area contributed by atoms with Gasteiger partial charge in [0.1, 0.15) is 5.82 Å². The predicted molar refractivity (Wildman–Crippen MR) is 113 cm³/mol. The molecule has 1 amide bonds. The molecule has 1 heterocycles. The molecule has 1 aromatic heterocycles. The molecule has 146 valence electrons. The second-order valence-electron chi connectivity index (χ2n) is 7.09. The fraction of sp³-hybridized carbons (Fsp3) is 0.348. The van der Waals surface area contributed by atoms with Crippen LogP contribution in [0.15, 0.2) is 53.3 Å². The van der Waals surface area contributed by atoms with Crippen molar-refractivity contribution in [2.45, 2.75) is 46.2 Å². The molecule has 3 aromatic rings. The van der Waals surface area contributed by atoms with Gasteiger partial charge in [0.2, 0.25) is 0 Å². The average Bonchev–Trinajstić information content (AvgIpc) is 2.74. The van der Waals surface area contributed by atoms with E-state index >= 15 is 0 Å². The minimum atomic E-state index is -0.331. The van der Waals surface area contributed by atoms with Crippen LogP contribution >= 0.6 is 0 Å². The van der Waals surface area contributed by atoms with E-state index in [1.54, 1.807) is 22.6 Å². The smallest absolute Gasteiger partial charge is 0.261 e. The monoisotopic (exact) mass is 377 g/mol. The number of aromatic nitrogens is 2. The zero-order valence-corrected chi connectivity index (χ0v) is 17.0. The topological polar surface area (TPSA) is 55.2 Å². The van der Waals surface area contributed by atoms with Crippen molar-refractivity contribution in [1.29, 1.82) is 0 Å². The number of rotatable bonds is 6. The molecule has 1 unspecified atom stereocenters. The van der Waals surface area contributed by atoms with E-state index in [1.807, 2.05) is 56.3 Å². The summed E-state index contributed by atoms with van der Waals surface area (Å²) in [5.74, 6) is 0.534. The van der Waals surface area contributed by atoms with Gasteiger partial charge in [0.25, 0.3) is 11.5 Å². The van der Waals surface area contributed by atoms with Crippen LogP contribution in [0.3, 0.4) is 0 Å². The third-order valence-corrected chi connectivity index (χ3v) is 5.22. The van der Waals surface area contributed by atoms with Crippen molar-refractivity contribution < 1.29 is 4.79 Å². The molecule has 0 aliphatic rings. The number of para-hydroxylation sites is 1. The molecule has 28 heavy (non-hydrogen) atoms. The molecule has 5 nitrogen and oxygen atoms in total. The number of carbonyl (C=O) groups is 1. The fourth-order valence-corrected chi connectivity index (χ4v) is 3.38. The van der Waals surface area contributed by atoms with E-state index in [0.29, 0.717) is 28.8 Å². The number of hydrogen-bond acceptors (Lipinski definition) is 3. The van der Waals surface area contributed by atoms with Crippen LogP contribution in [-0.4, -0.2) is 27.4 Å². The summed E-state index contributed by atoms with van der Waals surface area (Å²) in [5, 5.41) is 0.607. The van der Waals surface area contributed by atoms with Crippen molar-refractivity contribution in [3.8, 4) is 0 Å². The second-order valence-corrected chi connectivity index (χ2v) is 7.09. The van der Waals surface area contributed by atoms with Crippen molar-refractivity contribution in [1.82, 2.24) is 14.5 Å². The van der Waals surface area contributed by atoms with Gasteiger partial charge in [-0.25, -0.2) is 4.98 Å². The van der Waals surface area contributed by atoms with Gasteiger partial charge in [-0.2, -0.15) is 0 Å². The molecule has 5 heteroatoms. The third-order valence-electron chi connectivity index (χ3n) is 5.22. The zero-order valence-electron chi connectivity index (χ0n) is 17.0. The summed E-state index contributed by atoms with van der Waals surface area (Å²) >= 11 is 0. The largest absolute Gasteiger partial charge is 0.332 e. The Labute approximate surface area is 165 Å². The van der Waals surface area contributed by atoms with Crippen molar-refractivity contribution in [3.05, 3.63) is 75.8 Å². The predicted octanol–water partition coefficient (Wildman–Crippen LogP) is 4.20. The maximum atomic E-state index is 13.0. The Morgan fingerprint density at radius 1 is 1.11 bits per heavy atom. The lowest BCUT2D eigenvalue weighted by Crippen LogP contribution is -2.35. The highest BCUT2D eigenvalue weighted by atomic mass is 16.2. The van der Waals surface area contributed by atoms with Crippen molar-refractivity contribution in [3.63, 3.8) is 0 Å². The van der Waals surface area contributed by atoms with E-state index in [0.717, 1.165) is 12.8 Å². The summed E-state index contributed by atoms with van der Waals surface area (Å²) in [4.78, 5) is 32.4. The van der Waals surface area contributed by atoms with E-state index in [1.165, 1.54) is 5.56 Å². The van der Waals surface area contributed by atoms with Crippen LogP contribution in [0, 0.1) is 0 Å². The molecule has 0 N–H and O–H groups in total. The number of aryl methyl sites for hydroxylation is 1. The van der Waals surface area contributed by atoms with Gasteiger partial charge in [0.05, 0.1) is 16.9 Å². The summed E-state index contributed by atoms with van der Waals surface area (Å²) in [7, 11) is 1.76. The summed E-state index contributed by atoms with van der Waals surface area (Å²) in [6.07, 6.45) is 1.75. The van der Waals surface area contributed by atoms with Gasteiger partial charge in [0, 0.05) is 19.2 Å². The van der Waals surface area contributed by atoms with E-state index in [9.17, 15) is 9.59 Å². The van der Waals surface area contributed by atoms with Crippen LogP contribution in [-0.2, 0) is 13.0 Å². The number of fused-ring (bicyclic) bond motifs is 1. The van der Waals surface area contributed by atoms with E-state index in [2.05, 4.69) is 6.92 Å². The summed E-state index contributed by atoms with van der Waals surface area (Å²) in [6, 6.07) is 14.7. The highest BCUT2D eigenvalue weighted by molar-refractivity contribution is 5.94. The molecule has 0 saturated carbocycles. The number of carbonyl (C=O) groups excluding carboxylic acids is 1. The SMILES string of the molecule is CCCn1c(C(C)N(C)C(=O)c2ccc(CC)cc2)nc2ccccc2c1=O. The minimum Gasteiger partial charge on any atom is -0.332 e. The van der Waals surface area contributed by atoms with Crippen LogP contribution in [0.1, 0.15) is 55.0 Å². The summed E-state index contributed by atoms with van der Waals surface area (Å²) in [5.41, 5.74) is 2.44. The first-order valence-electron chi connectivity index (χ1n) is 9.83. The molecule has 0 bridgehead atoms. The molecule has 3 rings (SSSR count). The molecule has 0 radical (unpaired) electrons. The van der Waals surface area contributed by atoms with Gasteiger partial charge in [-0.3, -0.25) is 14.2 Å². The first-order chi connectivity index (χ1) is 13.5. The first-order valence-corrected chi connectivity index (χ1v) is 9.83. The Bertz CT molecular complexity index is 1040. The van der Waals surface area contributed by atoms with Crippen LogP contribution in [0.5, 0.6) is 0 Å². The lowest BCUT2D eigenvalue weighted by molar-refractivity contribution is 0.0733. The fourth-order valence-electron chi connectivity index (χ4n) is 3.38. The molecule has 0 saturated heterocycles. The summed E-state index contributed by atoms with van der Waals surface area (Å²) in [6.45, 7) is 6.61. The number of nitrogens with zero attached hydrogens (tertiary/aromatic N) is 3. The lowest BCUT2D eigenvalue weighted by atomic mass is 10.1. The molecule has 0 aliphatic heterocycles. The van der Waals surface area contributed by atoms with Gasteiger partial charge in [-0.1, -0.05) is 38.1 Å². The number of amides is 1. The molecular weight excluding hydrogens is 350 g/mol. The maximum absolute atomic E-state index is 13.0. The molecule has 0 fully saturated rings. The van der Waals surface area contributed by atoms with E-state index < -0.39 is 0 Å². The van der Waals surface area contributed by atoms with Crippen molar-refractivity contribution in [2.24, 2.45) is 0 Å². The molecule has 2 aromatic carbocycles. The average molecular weight is 377 g/mol. The standard InChI is InChI=1S/C23H27N3O2/c1-5-15-26-21(24-20-10-8-7-9-19(20)23(26)28)16(3)25(4)22(27)18-13-11-17(6-2)12-14-18/h7-14,16H,5-6,15H2,1-4H3. The first kappa shape index (κ1) is 19.8. The van der Waals surface area contributed by atoms with Gasteiger partial charge < -0.3 is 4.90 Å². The molecular formula is C23H27N3O2. The Hall–Kier alpha value is -2.95. The van der Waals surface area contributed by atoms with Crippen LogP contribution < -0.4 is 5.56 Å². The Kier molecular flexibility index (Phi) is 5.93. The van der Waals surface area contributed by atoms with E-state index in [-0.39, 0.29) is 17.5 Å². The maximum Gasteiger partial charge on any atom is 0.261 e. The molecule has 0 spiro atoms. The Balaban J connectivity index is 2.01. The molecule has 0 aliphatic carbocycles. The van der Waals surface area contributed by atoms with Crippen LogP contribution in [0.2, 0.25) is 0 Å². The highest BCUT2D eigenvalue weighted by Gasteiger charge is 2.24. The van der Waals surface area contributed by atoms with Gasteiger partial charge in [0.15, 0.2) is 0 Å². The quantitative estimate of drug-likeness (QED) is 0.647. The molecule has 1 atom stereocenters. The Morgan fingerprint density at radius 3 is 2.43 bits per heavy atom. The number of hydrogen-bond donors (Lipinski definition) is 0. The van der Waals surface area contributed by atoms with Gasteiger partial charge in [-0.05, 0) is 49.6 Å². The van der Waals surface area contributed by atoms with Crippen molar-refractivity contribution in [2.75, 3.05) is 7.05 Å². The van der Waals surface area contributed by atoms with Gasteiger partial charge in [-0.15, -0.1) is 0 Å². The minimum absolute atomic E-state index is 0.0533. The lowest BCUT2D eigenvalue weighted by Gasteiger charge is -2.27. The Morgan fingerprint density at radius 2 is 1.79 bits per heavy atom.